The predicted octanol–water partition coefficient (Wildman–Crippen LogP) is 1.79. The van der Waals surface area contributed by atoms with Crippen LogP contribution in [0.15, 0.2) is 42.9 Å². The highest BCUT2D eigenvalue weighted by Gasteiger charge is 2.07. The first kappa shape index (κ1) is 13.0. The van der Waals surface area contributed by atoms with Gasteiger partial charge in [0.15, 0.2) is 0 Å². The molecule has 5 heteroatoms. The maximum absolute atomic E-state index is 11.7. The van der Waals surface area contributed by atoms with E-state index < -0.39 is 0 Å². The molecule has 1 amide bonds. The highest BCUT2D eigenvalue weighted by Crippen LogP contribution is 2.08. The van der Waals surface area contributed by atoms with Crippen LogP contribution in [-0.4, -0.2) is 34.9 Å². The van der Waals surface area contributed by atoms with Gasteiger partial charge in [0.2, 0.25) is 0 Å². The maximum Gasteiger partial charge on any atom is 0.254 e. The molecule has 2 heterocycles. The zero-order valence-electron chi connectivity index (χ0n) is 11.0. The van der Waals surface area contributed by atoms with Crippen molar-refractivity contribution >= 4 is 11.7 Å². The molecule has 2 aromatic heterocycles. The standard InChI is InChI=1S/C14H16N4O/c1-18(2)14(19)12-5-6-13(17-10-12)16-9-11-4-3-7-15-8-11/h3-8,10H,9H2,1-2H3,(H,16,17). The van der Waals surface area contributed by atoms with Gasteiger partial charge in [0.1, 0.15) is 5.82 Å². The number of carbonyl (C=O) groups excluding carboxylic acids is 1. The molecule has 0 spiro atoms. The SMILES string of the molecule is CN(C)C(=O)c1ccc(NCc2cccnc2)nc1. The lowest BCUT2D eigenvalue weighted by molar-refractivity contribution is 0.0827. The number of amides is 1. The fourth-order valence-electron chi connectivity index (χ4n) is 1.58. The number of aromatic nitrogens is 2. The van der Waals surface area contributed by atoms with E-state index in [4.69, 9.17) is 0 Å². The van der Waals surface area contributed by atoms with E-state index in [0.717, 1.165) is 11.4 Å². The molecule has 0 aliphatic rings. The number of pyridine rings is 2. The summed E-state index contributed by atoms with van der Waals surface area (Å²) in [6, 6.07) is 7.45. The predicted molar refractivity (Wildman–Crippen MR) is 73.8 cm³/mol. The van der Waals surface area contributed by atoms with E-state index >= 15 is 0 Å². The molecular weight excluding hydrogens is 240 g/mol. The molecule has 0 fully saturated rings. The lowest BCUT2D eigenvalue weighted by atomic mass is 10.2. The van der Waals surface area contributed by atoms with E-state index in [1.54, 1.807) is 44.8 Å². The molecule has 1 N–H and O–H groups in total. The van der Waals surface area contributed by atoms with Gasteiger partial charge in [-0.05, 0) is 23.8 Å². The van der Waals surface area contributed by atoms with Crippen LogP contribution in [0, 0.1) is 0 Å². The lowest BCUT2D eigenvalue weighted by Gasteiger charge is -2.10. The van der Waals surface area contributed by atoms with Crippen molar-refractivity contribution in [1.29, 1.82) is 0 Å². The largest absolute Gasteiger partial charge is 0.366 e. The van der Waals surface area contributed by atoms with Crippen LogP contribution in [0.2, 0.25) is 0 Å². The molecule has 98 valence electrons. The van der Waals surface area contributed by atoms with Crippen molar-refractivity contribution in [3.8, 4) is 0 Å². The second kappa shape index (κ2) is 5.95. The number of nitrogens with one attached hydrogen (secondary N) is 1. The van der Waals surface area contributed by atoms with Gasteiger partial charge < -0.3 is 10.2 Å². The van der Waals surface area contributed by atoms with Crippen LogP contribution in [-0.2, 0) is 6.54 Å². The fourth-order valence-corrected chi connectivity index (χ4v) is 1.58. The van der Waals surface area contributed by atoms with Gasteiger partial charge in [-0.2, -0.15) is 0 Å². The Balaban J connectivity index is 1.98. The topological polar surface area (TPSA) is 58.1 Å². The second-order valence-corrected chi connectivity index (χ2v) is 4.35. The molecule has 0 atom stereocenters. The zero-order valence-corrected chi connectivity index (χ0v) is 11.0. The van der Waals surface area contributed by atoms with Crippen molar-refractivity contribution in [2.75, 3.05) is 19.4 Å². The molecule has 0 aliphatic carbocycles. The third-order valence-electron chi connectivity index (χ3n) is 2.61. The number of hydrogen-bond donors (Lipinski definition) is 1. The molecule has 2 aromatic rings. The Morgan fingerprint density at radius 2 is 2.11 bits per heavy atom. The summed E-state index contributed by atoms with van der Waals surface area (Å²) in [6.07, 6.45) is 5.12. The van der Waals surface area contributed by atoms with Gasteiger partial charge in [0, 0.05) is 39.2 Å². The van der Waals surface area contributed by atoms with E-state index in [9.17, 15) is 4.79 Å². The molecule has 0 unspecified atom stereocenters. The molecule has 2 rings (SSSR count). The molecule has 0 bridgehead atoms. The Labute approximate surface area is 112 Å². The van der Waals surface area contributed by atoms with Gasteiger partial charge in [-0.1, -0.05) is 6.07 Å². The number of carbonyl (C=O) groups is 1. The van der Waals surface area contributed by atoms with Crippen molar-refractivity contribution in [3.05, 3.63) is 54.0 Å². The van der Waals surface area contributed by atoms with Crippen molar-refractivity contribution < 1.29 is 4.79 Å². The van der Waals surface area contributed by atoms with Gasteiger partial charge in [-0.15, -0.1) is 0 Å². The highest BCUT2D eigenvalue weighted by atomic mass is 16.2. The van der Waals surface area contributed by atoms with Crippen LogP contribution in [0.5, 0.6) is 0 Å². The van der Waals surface area contributed by atoms with Crippen molar-refractivity contribution in [2.24, 2.45) is 0 Å². The zero-order chi connectivity index (χ0) is 13.7. The quantitative estimate of drug-likeness (QED) is 0.906. The Kier molecular flexibility index (Phi) is 4.07. The van der Waals surface area contributed by atoms with Crippen molar-refractivity contribution in [2.45, 2.75) is 6.54 Å². The Bertz CT molecular complexity index is 537. The maximum atomic E-state index is 11.7. The summed E-state index contributed by atoms with van der Waals surface area (Å²) in [6.45, 7) is 0.655. The van der Waals surface area contributed by atoms with Crippen molar-refractivity contribution in [3.63, 3.8) is 0 Å². The molecule has 19 heavy (non-hydrogen) atoms. The van der Waals surface area contributed by atoms with E-state index in [0.29, 0.717) is 12.1 Å². The minimum atomic E-state index is -0.0497. The van der Waals surface area contributed by atoms with Crippen LogP contribution < -0.4 is 5.32 Å². The highest BCUT2D eigenvalue weighted by molar-refractivity contribution is 5.93. The van der Waals surface area contributed by atoms with Gasteiger partial charge in [0.25, 0.3) is 5.91 Å². The first-order chi connectivity index (χ1) is 9.16. The van der Waals surface area contributed by atoms with Gasteiger partial charge >= 0.3 is 0 Å². The first-order valence-electron chi connectivity index (χ1n) is 5.97. The van der Waals surface area contributed by atoms with Crippen molar-refractivity contribution in [1.82, 2.24) is 14.9 Å². The molecule has 5 nitrogen and oxygen atoms in total. The fraction of sp³-hybridized carbons (Fsp3) is 0.214. The average Bonchev–Trinajstić information content (AvgIpc) is 2.46. The Morgan fingerprint density at radius 1 is 1.26 bits per heavy atom. The van der Waals surface area contributed by atoms with E-state index in [1.807, 2.05) is 12.1 Å². The van der Waals surface area contributed by atoms with Crippen LogP contribution in [0.4, 0.5) is 5.82 Å². The number of anilines is 1. The monoisotopic (exact) mass is 256 g/mol. The van der Waals surface area contributed by atoms with Gasteiger partial charge in [-0.3, -0.25) is 9.78 Å². The summed E-state index contributed by atoms with van der Waals surface area (Å²) < 4.78 is 0. The lowest BCUT2D eigenvalue weighted by Crippen LogP contribution is -2.21. The summed E-state index contributed by atoms with van der Waals surface area (Å²) in [4.78, 5) is 21.5. The Hall–Kier alpha value is -2.43. The summed E-state index contributed by atoms with van der Waals surface area (Å²) >= 11 is 0. The average molecular weight is 256 g/mol. The number of nitrogens with zero attached hydrogens (tertiary/aromatic N) is 3. The molecule has 0 saturated heterocycles. The second-order valence-electron chi connectivity index (χ2n) is 4.35. The molecule has 0 aromatic carbocycles. The molecule has 0 saturated carbocycles. The summed E-state index contributed by atoms with van der Waals surface area (Å²) in [5.41, 5.74) is 1.66. The molecule has 0 aliphatic heterocycles. The first-order valence-corrected chi connectivity index (χ1v) is 5.97. The molecule has 0 radical (unpaired) electrons. The summed E-state index contributed by atoms with van der Waals surface area (Å²) in [5.74, 6) is 0.686. The van der Waals surface area contributed by atoms with E-state index in [-0.39, 0.29) is 5.91 Å². The summed E-state index contributed by atoms with van der Waals surface area (Å²) in [5, 5.41) is 3.18. The van der Waals surface area contributed by atoms with Crippen LogP contribution in [0.1, 0.15) is 15.9 Å². The third-order valence-corrected chi connectivity index (χ3v) is 2.61. The number of rotatable bonds is 4. The number of hydrogen-bond acceptors (Lipinski definition) is 4. The normalized spacial score (nSPS) is 10.0. The van der Waals surface area contributed by atoms with Crippen LogP contribution in [0.25, 0.3) is 0 Å². The van der Waals surface area contributed by atoms with Gasteiger partial charge in [-0.25, -0.2) is 4.98 Å². The summed E-state index contributed by atoms with van der Waals surface area (Å²) in [7, 11) is 3.44. The third kappa shape index (κ3) is 3.51. The Morgan fingerprint density at radius 3 is 2.68 bits per heavy atom. The van der Waals surface area contributed by atoms with E-state index in [2.05, 4.69) is 15.3 Å². The van der Waals surface area contributed by atoms with Crippen LogP contribution >= 0.6 is 0 Å². The van der Waals surface area contributed by atoms with Crippen LogP contribution in [0.3, 0.4) is 0 Å². The minimum Gasteiger partial charge on any atom is -0.366 e. The smallest absolute Gasteiger partial charge is 0.254 e. The minimum absolute atomic E-state index is 0.0497. The molecular formula is C14H16N4O. The van der Waals surface area contributed by atoms with E-state index in [1.165, 1.54) is 4.90 Å². The van der Waals surface area contributed by atoms with Gasteiger partial charge in [0.05, 0.1) is 5.56 Å².